The van der Waals surface area contributed by atoms with Crippen molar-refractivity contribution in [3.8, 4) is 11.8 Å². The van der Waals surface area contributed by atoms with Gasteiger partial charge in [-0.05, 0) is 31.5 Å². The number of hydrogen-bond acceptors (Lipinski definition) is 6. The van der Waals surface area contributed by atoms with E-state index in [-0.39, 0.29) is 18.8 Å². The van der Waals surface area contributed by atoms with Crippen LogP contribution < -0.4 is 10.1 Å². The number of methoxy groups -OCH3 is 1. The highest BCUT2D eigenvalue weighted by Gasteiger charge is 2.50. The molecular formula is C24H26N2O5. The fourth-order valence-electron chi connectivity index (χ4n) is 3.35. The third kappa shape index (κ3) is 5.48. The predicted molar refractivity (Wildman–Crippen MR) is 115 cm³/mol. The Bertz CT molecular complexity index is 977. The maximum atomic E-state index is 13.1. The van der Waals surface area contributed by atoms with Crippen molar-refractivity contribution in [2.24, 2.45) is 0 Å². The largest absolute Gasteiger partial charge is 0.497 e. The summed E-state index contributed by atoms with van der Waals surface area (Å²) in [5, 5.41) is 12.5. The van der Waals surface area contributed by atoms with E-state index in [9.17, 15) is 19.6 Å². The molecule has 31 heavy (non-hydrogen) atoms. The molecule has 0 saturated heterocycles. The minimum atomic E-state index is -2.07. The van der Waals surface area contributed by atoms with E-state index in [1.165, 1.54) is 14.0 Å². The number of benzene rings is 2. The van der Waals surface area contributed by atoms with Crippen molar-refractivity contribution < 1.29 is 23.9 Å². The Labute approximate surface area is 182 Å². The second-order valence-corrected chi connectivity index (χ2v) is 7.14. The Morgan fingerprint density at radius 3 is 2.19 bits per heavy atom. The van der Waals surface area contributed by atoms with Crippen molar-refractivity contribution in [1.29, 1.82) is 5.26 Å². The number of esters is 1. The average molecular weight is 422 g/mol. The summed E-state index contributed by atoms with van der Waals surface area (Å²) >= 11 is 0. The van der Waals surface area contributed by atoms with E-state index in [0.29, 0.717) is 16.9 Å². The molecular weight excluding hydrogens is 396 g/mol. The molecule has 2 atom stereocenters. The highest BCUT2D eigenvalue weighted by Crippen LogP contribution is 2.35. The lowest BCUT2D eigenvalue weighted by molar-refractivity contribution is -0.151. The van der Waals surface area contributed by atoms with E-state index in [4.69, 9.17) is 9.47 Å². The monoisotopic (exact) mass is 422 g/mol. The molecule has 162 valence electrons. The van der Waals surface area contributed by atoms with Crippen LogP contribution in [-0.4, -0.2) is 36.9 Å². The SMILES string of the molecule is CCOC(=O)C(C#N)(NC(C)=O)C(CC(=O)c1ccc(C)cc1)c1ccc(OC)cc1. The van der Waals surface area contributed by atoms with E-state index < -0.39 is 23.3 Å². The topological polar surface area (TPSA) is 105 Å². The summed E-state index contributed by atoms with van der Waals surface area (Å²) in [6.45, 7) is 4.74. The summed E-state index contributed by atoms with van der Waals surface area (Å²) in [7, 11) is 1.52. The van der Waals surface area contributed by atoms with Gasteiger partial charge in [0, 0.05) is 24.8 Å². The molecule has 1 amide bonds. The number of Topliss-reactive ketones (excluding diaryl/α,β-unsaturated/α-hetero) is 1. The van der Waals surface area contributed by atoms with Crippen molar-refractivity contribution in [3.63, 3.8) is 0 Å². The Morgan fingerprint density at radius 2 is 1.71 bits per heavy atom. The van der Waals surface area contributed by atoms with Crippen LogP contribution in [-0.2, 0) is 14.3 Å². The summed E-state index contributed by atoms with van der Waals surface area (Å²) in [6.07, 6.45) is -0.192. The van der Waals surface area contributed by atoms with Crippen LogP contribution >= 0.6 is 0 Å². The number of aryl methyl sites for hydroxylation is 1. The molecule has 0 aliphatic heterocycles. The van der Waals surface area contributed by atoms with Crippen molar-refractivity contribution in [3.05, 3.63) is 65.2 Å². The molecule has 0 radical (unpaired) electrons. The van der Waals surface area contributed by atoms with Crippen LogP contribution in [0.5, 0.6) is 5.75 Å². The third-order valence-corrected chi connectivity index (χ3v) is 4.95. The number of ether oxygens (including phenoxy) is 2. The lowest BCUT2D eigenvalue weighted by Gasteiger charge is -2.33. The lowest BCUT2D eigenvalue weighted by Crippen LogP contribution is -2.58. The Kier molecular flexibility index (Phi) is 7.92. The van der Waals surface area contributed by atoms with Gasteiger partial charge in [-0.3, -0.25) is 9.59 Å². The van der Waals surface area contributed by atoms with Crippen molar-refractivity contribution >= 4 is 17.7 Å². The van der Waals surface area contributed by atoms with Crippen LogP contribution in [0, 0.1) is 18.3 Å². The Morgan fingerprint density at radius 1 is 1.10 bits per heavy atom. The molecule has 1 N–H and O–H groups in total. The van der Waals surface area contributed by atoms with Gasteiger partial charge in [-0.2, -0.15) is 5.26 Å². The third-order valence-electron chi connectivity index (χ3n) is 4.95. The van der Waals surface area contributed by atoms with Crippen LogP contribution in [0.15, 0.2) is 48.5 Å². The van der Waals surface area contributed by atoms with Gasteiger partial charge >= 0.3 is 5.97 Å². The number of nitrogens with one attached hydrogen (secondary N) is 1. The van der Waals surface area contributed by atoms with Crippen LogP contribution in [0.2, 0.25) is 0 Å². The normalized spacial score (nSPS) is 13.3. The molecule has 2 aromatic rings. The van der Waals surface area contributed by atoms with E-state index in [0.717, 1.165) is 5.56 Å². The second-order valence-electron chi connectivity index (χ2n) is 7.14. The molecule has 2 aromatic carbocycles. The molecule has 0 saturated carbocycles. The summed E-state index contributed by atoms with van der Waals surface area (Å²) in [4.78, 5) is 38.0. The zero-order valence-corrected chi connectivity index (χ0v) is 18.1. The molecule has 7 nitrogen and oxygen atoms in total. The Hall–Kier alpha value is -3.66. The van der Waals surface area contributed by atoms with Gasteiger partial charge in [-0.1, -0.05) is 42.0 Å². The highest BCUT2D eigenvalue weighted by molar-refractivity contribution is 5.98. The molecule has 0 aliphatic rings. The van der Waals surface area contributed by atoms with Gasteiger partial charge < -0.3 is 14.8 Å². The van der Waals surface area contributed by atoms with Gasteiger partial charge in [0.2, 0.25) is 11.4 Å². The van der Waals surface area contributed by atoms with Gasteiger partial charge in [0.1, 0.15) is 11.8 Å². The summed E-state index contributed by atoms with van der Waals surface area (Å²) in [5.74, 6) is -2.18. The van der Waals surface area contributed by atoms with E-state index in [2.05, 4.69) is 5.32 Å². The minimum Gasteiger partial charge on any atom is -0.497 e. The minimum absolute atomic E-state index is 0.0170. The molecule has 0 fully saturated rings. The first kappa shape index (κ1) is 23.6. The summed E-state index contributed by atoms with van der Waals surface area (Å²) < 4.78 is 10.3. The van der Waals surface area contributed by atoms with Gasteiger partial charge in [0.05, 0.1) is 13.7 Å². The van der Waals surface area contributed by atoms with Gasteiger partial charge in [0.25, 0.3) is 0 Å². The van der Waals surface area contributed by atoms with Crippen LogP contribution in [0.1, 0.15) is 47.7 Å². The molecule has 0 aromatic heterocycles. The maximum absolute atomic E-state index is 13.1. The molecule has 0 aliphatic carbocycles. The van der Waals surface area contributed by atoms with Gasteiger partial charge in [0.15, 0.2) is 5.78 Å². The fraction of sp³-hybridized carbons (Fsp3) is 0.333. The first-order chi connectivity index (χ1) is 14.8. The maximum Gasteiger partial charge on any atom is 0.347 e. The second kappa shape index (κ2) is 10.4. The number of carbonyl (C=O) groups is 3. The van der Waals surface area contributed by atoms with Gasteiger partial charge in [-0.25, -0.2) is 4.79 Å². The molecule has 0 heterocycles. The van der Waals surface area contributed by atoms with Gasteiger partial charge in [-0.15, -0.1) is 0 Å². The molecule has 0 spiro atoms. The smallest absolute Gasteiger partial charge is 0.347 e. The number of amides is 1. The fourth-order valence-corrected chi connectivity index (χ4v) is 3.35. The summed E-state index contributed by atoms with van der Waals surface area (Å²) in [5.41, 5.74) is -0.108. The number of ketones is 1. The number of nitriles is 1. The summed E-state index contributed by atoms with van der Waals surface area (Å²) in [6, 6.07) is 15.6. The lowest BCUT2D eigenvalue weighted by atomic mass is 9.76. The average Bonchev–Trinajstić information content (AvgIpc) is 2.76. The van der Waals surface area contributed by atoms with Crippen LogP contribution in [0.25, 0.3) is 0 Å². The van der Waals surface area contributed by atoms with Crippen LogP contribution in [0.4, 0.5) is 0 Å². The van der Waals surface area contributed by atoms with E-state index in [1.54, 1.807) is 43.3 Å². The van der Waals surface area contributed by atoms with Crippen molar-refractivity contribution in [1.82, 2.24) is 5.32 Å². The molecule has 2 rings (SSSR count). The van der Waals surface area contributed by atoms with Crippen molar-refractivity contribution in [2.45, 2.75) is 38.6 Å². The quantitative estimate of drug-likeness (QED) is 0.491. The Balaban J connectivity index is 2.60. The first-order valence-electron chi connectivity index (χ1n) is 9.88. The zero-order valence-electron chi connectivity index (χ0n) is 18.1. The molecule has 0 bridgehead atoms. The van der Waals surface area contributed by atoms with E-state index in [1.807, 2.05) is 25.1 Å². The van der Waals surface area contributed by atoms with E-state index >= 15 is 0 Å². The molecule has 2 unspecified atom stereocenters. The molecule has 7 heteroatoms. The number of hydrogen-bond donors (Lipinski definition) is 1. The van der Waals surface area contributed by atoms with Crippen molar-refractivity contribution in [2.75, 3.05) is 13.7 Å². The zero-order chi connectivity index (χ0) is 23.0. The first-order valence-corrected chi connectivity index (χ1v) is 9.88. The highest BCUT2D eigenvalue weighted by atomic mass is 16.5. The number of carbonyl (C=O) groups excluding carboxylic acids is 3. The predicted octanol–water partition coefficient (Wildman–Crippen LogP) is 3.32. The standard InChI is InChI=1S/C24H26N2O5/c1-5-31-23(29)24(15-25,26-17(3)27)21(18-10-12-20(30-4)13-11-18)14-22(28)19-8-6-16(2)7-9-19/h6-13,21H,5,14H2,1-4H3,(H,26,27). The number of nitrogens with zero attached hydrogens (tertiary/aromatic N) is 1. The van der Waals surface area contributed by atoms with Crippen LogP contribution in [0.3, 0.4) is 0 Å². The number of rotatable bonds is 9.